The number of hydrogen-bond acceptors (Lipinski definition) is 7. The molecule has 0 atom stereocenters. The highest BCUT2D eigenvalue weighted by Gasteiger charge is 2.29. The third kappa shape index (κ3) is 4.58. The Morgan fingerprint density at radius 3 is 1.86 bits per heavy atom. The van der Waals surface area contributed by atoms with Crippen molar-refractivity contribution < 1.29 is 24.5 Å². The van der Waals surface area contributed by atoms with Gasteiger partial charge in [0.05, 0.1) is 21.0 Å². The van der Waals surface area contributed by atoms with E-state index in [1.807, 2.05) is 0 Å². The van der Waals surface area contributed by atoms with Gasteiger partial charge in [-0.25, -0.2) is 4.79 Å². The first-order valence-corrected chi connectivity index (χ1v) is 7.98. The van der Waals surface area contributed by atoms with E-state index in [1.165, 1.54) is 24.3 Å². The molecule has 3 N–H and O–H groups in total. The molecule has 0 fully saturated rings. The van der Waals surface area contributed by atoms with E-state index in [0.717, 1.165) is 12.1 Å². The molecule has 2 rings (SSSR count). The molecule has 0 saturated carbocycles. The minimum absolute atomic E-state index is 0.00777. The maximum absolute atomic E-state index is 12.4. The fourth-order valence-electron chi connectivity index (χ4n) is 2.37. The van der Waals surface area contributed by atoms with Crippen LogP contribution in [0, 0.1) is 20.2 Å². The van der Waals surface area contributed by atoms with E-state index in [9.17, 15) is 29.8 Å². The highest BCUT2D eigenvalue weighted by Crippen LogP contribution is 2.36. The summed E-state index contributed by atoms with van der Waals surface area (Å²) in [5, 5.41) is 36.7. The quantitative estimate of drug-likeness (QED) is 0.480. The van der Waals surface area contributed by atoms with Crippen LogP contribution in [-0.2, 0) is 0 Å². The van der Waals surface area contributed by atoms with Crippen LogP contribution in [0.2, 0.25) is 0 Å². The van der Waals surface area contributed by atoms with Crippen LogP contribution in [0.4, 0.5) is 22.7 Å². The van der Waals surface area contributed by atoms with Gasteiger partial charge in [-0.05, 0) is 38.1 Å². The van der Waals surface area contributed by atoms with Gasteiger partial charge in [-0.1, -0.05) is 0 Å². The molecule has 11 heteroatoms. The Kier molecular flexibility index (Phi) is 5.88. The van der Waals surface area contributed by atoms with Gasteiger partial charge in [0.25, 0.3) is 17.3 Å². The molecule has 0 bridgehead atoms. The van der Waals surface area contributed by atoms with Gasteiger partial charge in [-0.15, -0.1) is 0 Å². The summed E-state index contributed by atoms with van der Waals surface area (Å²) >= 11 is 0. The lowest BCUT2D eigenvalue weighted by Gasteiger charge is -2.12. The predicted octanol–water partition coefficient (Wildman–Crippen LogP) is 3.27. The lowest BCUT2D eigenvalue weighted by Crippen LogP contribution is -2.16. The van der Waals surface area contributed by atoms with Crippen molar-refractivity contribution in [3.63, 3.8) is 0 Å². The molecular weight excluding hydrogens is 372 g/mol. The standard InChI is InChI=1S/C17H16N4O7/c1-9(2)18-15-13(20(25)26)7-11(8-14(15)21(27)28)16(22)19-12-5-3-10(4-6-12)17(23)24/h3-9,18H,1-2H3,(H,19,22)(H,23,24). The minimum atomic E-state index is -1.14. The molecular formula is C17H16N4O7. The van der Waals surface area contributed by atoms with Crippen LogP contribution in [-0.4, -0.2) is 32.9 Å². The molecule has 0 radical (unpaired) electrons. The fraction of sp³-hybridized carbons (Fsp3) is 0.176. The maximum Gasteiger partial charge on any atom is 0.335 e. The molecule has 28 heavy (non-hydrogen) atoms. The monoisotopic (exact) mass is 388 g/mol. The number of hydrogen-bond donors (Lipinski definition) is 3. The number of nitrogens with zero attached hydrogens (tertiary/aromatic N) is 2. The number of nitrogens with one attached hydrogen (secondary N) is 2. The van der Waals surface area contributed by atoms with Gasteiger partial charge >= 0.3 is 5.97 Å². The number of benzene rings is 2. The summed E-state index contributed by atoms with van der Waals surface area (Å²) in [7, 11) is 0. The molecule has 0 spiro atoms. The molecule has 0 aliphatic heterocycles. The second kappa shape index (κ2) is 8.12. The first-order valence-electron chi connectivity index (χ1n) is 7.98. The highest BCUT2D eigenvalue weighted by atomic mass is 16.6. The van der Waals surface area contributed by atoms with Crippen molar-refractivity contribution in [1.29, 1.82) is 0 Å². The Balaban J connectivity index is 2.43. The second-order valence-electron chi connectivity index (χ2n) is 6.04. The first kappa shape index (κ1) is 20.3. The van der Waals surface area contributed by atoms with Crippen LogP contribution in [0.15, 0.2) is 36.4 Å². The molecule has 11 nitrogen and oxygen atoms in total. The molecule has 2 aromatic rings. The fourth-order valence-corrected chi connectivity index (χ4v) is 2.37. The number of carbonyl (C=O) groups excluding carboxylic acids is 1. The van der Waals surface area contributed by atoms with Crippen LogP contribution < -0.4 is 10.6 Å². The molecule has 146 valence electrons. The van der Waals surface area contributed by atoms with Crippen LogP contribution in [0.1, 0.15) is 34.6 Å². The summed E-state index contributed by atoms with van der Waals surface area (Å²) in [4.78, 5) is 44.4. The van der Waals surface area contributed by atoms with E-state index in [4.69, 9.17) is 5.11 Å². The van der Waals surface area contributed by atoms with E-state index in [-0.39, 0.29) is 28.5 Å². The highest BCUT2D eigenvalue weighted by molar-refractivity contribution is 6.06. The topological polar surface area (TPSA) is 165 Å². The number of nitro groups is 2. The zero-order chi connectivity index (χ0) is 21.0. The Labute approximate surface area is 158 Å². The van der Waals surface area contributed by atoms with E-state index in [2.05, 4.69) is 10.6 Å². The lowest BCUT2D eigenvalue weighted by molar-refractivity contribution is -0.392. The van der Waals surface area contributed by atoms with Gasteiger partial charge in [-0.3, -0.25) is 25.0 Å². The number of rotatable bonds is 7. The summed E-state index contributed by atoms with van der Waals surface area (Å²) in [5.74, 6) is -1.96. The number of carboxylic acid groups (broad SMARTS) is 1. The van der Waals surface area contributed by atoms with Gasteiger partial charge in [0.15, 0.2) is 5.69 Å². The third-order valence-electron chi connectivity index (χ3n) is 3.58. The van der Waals surface area contributed by atoms with E-state index >= 15 is 0 Å². The van der Waals surface area contributed by atoms with Crippen LogP contribution in [0.3, 0.4) is 0 Å². The molecule has 0 aliphatic carbocycles. The summed E-state index contributed by atoms with van der Waals surface area (Å²) in [6.07, 6.45) is 0. The SMILES string of the molecule is CC(C)Nc1c([N+](=O)[O-])cc(C(=O)Nc2ccc(C(=O)O)cc2)cc1[N+](=O)[O-]. The van der Waals surface area contributed by atoms with E-state index < -0.39 is 33.1 Å². The van der Waals surface area contributed by atoms with Crippen LogP contribution in [0.25, 0.3) is 0 Å². The Bertz CT molecular complexity index is 919. The number of carbonyl (C=O) groups is 2. The van der Waals surface area contributed by atoms with Crippen molar-refractivity contribution in [3.8, 4) is 0 Å². The van der Waals surface area contributed by atoms with Crippen molar-refractivity contribution in [2.24, 2.45) is 0 Å². The number of amides is 1. The average Bonchev–Trinajstić information content (AvgIpc) is 2.61. The maximum atomic E-state index is 12.4. The Morgan fingerprint density at radius 2 is 1.46 bits per heavy atom. The smallest absolute Gasteiger partial charge is 0.335 e. The summed E-state index contributed by atoms with van der Waals surface area (Å²) in [5.41, 5.74) is -1.54. The molecule has 2 aromatic carbocycles. The zero-order valence-corrected chi connectivity index (χ0v) is 14.8. The van der Waals surface area contributed by atoms with Gasteiger partial charge in [0.1, 0.15) is 0 Å². The summed E-state index contributed by atoms with van der Waals surface area (Å²) in [6, 6.07) is 6.76. The number of anilines is 2. The second-order valence-corrected chi connectivity index (χ2v) is 6.04. The number of nitro benzene ring substituents is 2. The molecule has 1 amide bonds. The normalized spacial score (nSPS) is 10.4. The average molecular weight is 388 g/mol. The third-order valence-corrected chi connectivity index (χ3v) is 3.58. The molecule has 0 heterocycles. The zero-order valence-electron chi connectivity index (χ0n) is 14.8. The van der Waals surface area contributed by atoms with Crippen molar-refractivity contribution in [2.75, 3.05) is 10.6 Å². The molecule has 0 aromatic heterocycles. The van der Waals surface area contributed by atoms with Crippen molar-refractivity contribution in [2.45, 2.75) is 19.9 Å². The Morgan fingerprint density at radius 1 is 0.964 bits per heavy atom. The van der Waals surface area contributed by atoms with E-state index in [1.54, 1.807) is 13.8 Å². The van der Waals surface area contributed by atoms with Crippen molar-refractivity contribution in [1.82, 2.24) is 0 Å². The van der Waals surface area contributed by atoms with Gasteiger partial charge in [-0.2, -0.15) is 0 Å². The van der Waals surface area contributed by atoms with Crippen LogP contribution in [0.5, 0.6) is 0 Å². The predicted molar refractivity (Wildman–Crippen MR) is 99.9 cm³/mol. The van der Waals surface area contributed by atoms with Crippen molar-refractivity contribution in [3.05, 3.63) is 67.8 Å². The van der Waals surface area contributed by atoms with Gasteiger partial charge in [0.2, 0.25) is 0 Å². The molecule has 0 aliphatic rings. The summed E-state index contributed by atoms with van der Waals surface area (Å²) < 4.78 is 0. The van der Waals surface area contributed by atoms with Crippen LogP contribution >= 0.6 is 0 Å². The van der Waals surface area contributed by atoms with Crippen molar-refractivity contribution >= 4 is 34.6 Å². The largest absolute Gasteiger partial charge is 0.478 e. The number of aromatic carboxylic acids is 1. The van der Waals surface area contributed by atoms with E-state index in [0.29, 0.717) is 0 Å². The first-order chi connectivity index (χ1) is 13.1. The van der Waals surface area contributed by atoms with Gasteiger partial charge in [0, 0.05) is 23.9 Å². The number of carboxylic acids is 1. The van der Waals surface area contributed by atoms with Gasteiger partial charge < -0.3 is 15.7 Å². The summed E-state index contributed by atoms with van der Waals surface area (Å²) in [6.45, 7) is 3.32. The molecule has 0 unspecified atom stereocenters. The minimum Gasteiger partial charge on any atom is -0.478 e. The Hall–Kier alpha value is -4.02. The molecule has 0 saturated heterocycles. The lowest BCUT2D eigenvalue weighted by atomic mass is 10.1.